The van der Waals surface area contributed by atoms with Crippen LogP contribution in [-0.4, -0.2) is 51.6 Å². The lowest BCUT2D eigenvalue weighted by molar-refractivity contribution is 0.134. The number of aryl methyl sites for hydroxylation is 2. The first-order chi connectivity index (χ1) is 9.35. The molecule has 0 unspecified atom stereocenters. The first kappa shape index (κ1) is 15.5. The molecule has 8 heteroatoms. The summed E-state index contributed by atoms with van der Waals surface area (Å²) in [6.07, 6.45) is 0. The highest BCUT2D eigenvalue weighted by atomic mass is 32.2. The number of rotatable bonds is 4. The molecule has 1 fully saturated rings. The predicted octanol–water partition coefficient (Wildman–Crippen LogP) is -0.204. The number of likely N-dealkylation sites (N-methyl/N-ethyl adjacent to an activating group) is 1. The van der Waals surface area contributed by atoms with Gasteiger partial charge in [0.05, 0.1) is 0 Å². The van der Waals surface area contributed by atoms with Gasteiger partial charge in [-0.1, -0.05) is 0 Å². The predicted molar refractivity (Wildman–Crippen MR) is 75.5 cm³/mol. The van der Waals surface area contributed by atoms with Crippen LogP contribution >= 0.6 is 0 Å². The summed E-state index contributed by atoms with van der Waals surface area (Å²) in [5.74, 6) is 0.938. The fraction of sp³-hybridized carbons (Fsp3) is 0.667. The summed E-state index contributed by atoms with van der Waals surface area (Å²) < 4.78 is 30.4. The summed E-state index contributed by atoms with van der Waals surface area (Å²) in [5, 5.41) is 1.72. The Balaban J connectivity index is 2.23. The zero-order valence-electron chi connectivity index (χ0n) is 12.1. The number of hydrogen-bond donors (Lipinski definition) is 2. The minimum Gasteiger partial charge on any atom is -0.465 e. The molecule has 0 spiro atoms. The largest absolute Gasteiger partial charge is 0.465 e. The Morgan fingerprint density at radius 3 is 2.35 bits per heavy atom. The van der Waals surface area contributed by atoms with E-state index in [-0.39, 0.29) is 11.4 Å². The zero-order chi connectivity index (χ0) is 14.9. The van der Waals surface area contributed by atoms with Crippen LogP contribution in [0.4, 0.5) is 0 Å². The molecule has 0 saturated carbocycles. The van der Waals surface area contributed by atoms with E-state index in [9.17, 15) is 8.42 Å². The van der Waals surface area contributed by atoms with E-state index in [1.54, 1.807) is 18.9 Å². The Hall–Kier alpha value is -0.930. The number of nitrogens with one attached hydrogen (secondary N) is 1. The maximum Gasteiger partial charge on any atom is 0.257 e. The van der Waals surface area contributed by atoms with Gasteiger partial charge in [0.1, 0.15) is 16.4 Å². The highest BCUT2D eigenvalue weighted by molar-refractivity contribution is 7.89. The minimum atomic E-state index is -3.65. The van der Waals surface area contributed by atoms with Crippen LogP contribution in [0.3, 0.4) is 0 Å². The zero-order valence-corrected chi connectivity index (χ0v) is 13.0. The fourth-order valence-electron chi connectivity index (χ4n) is 2.41. The molecule has 0 radical (unpaired) electrons. The van der Waals surface area contributed by atoms with Gasteiger partial charge in [-0.15, -0.1) is 4.83 Å². The van der Waals surface area contributed by atoms with E-state index in [4.69, 9.17) is 10.2 Å². The third-order valence-electron chi connectivity index (χ3n) is 3.55. The van der Waals surface area contributed by atoms with Crippen LogP contribution in [0.2, 0.25) is 0 Å². The van der Waals surface area contributed by atoms with Gasteiger partial charge in [-0.2, -0.15) is 0 Å². The van der Waals surface area contributed by atoms with Crippen molar-refractivity contribution in [3.8, 4) is 0 Å². The Bertz CT molecular complexity index is 574. The lowest BCUT2D eigenvalue weighted by Gasteiger charge is -2.32. The second-order valence-electron chi connectivity index (χ2n) is 5.11. The summed E-state index contributed by atoms with van der Waals surface area (Å²) in [4.78, 5) is 4.96. The number of piperazine rings is 1. The molecule has 1 aliphatic heterocycles. The molecule has 114 valence electrons. The molecule has 0 aliphatic carbocycles. The molecule has 0 amide bonds. The van der Waals surface area contributed by atoms with Gasteiger partial charge >= 0.3 is 0 Å². The molecule has 2 heterocycles. The van der Waals surface area contributed by atoms with Gasteiger partial charge in [-0.25, -0.2) is 13.4 Å². The van der Waals surface area contributed by atoms with Gasteiger partial charge < -0.3 is 15.1 Å². The van der Waals surface area contributed by atoms with Crippen LogP contribution in [0, 0.1) is 13.8 Å². The fourth-order valence-corrected chi connectivity index (χ4v) is 4.00. The molecule has 1 aromatic heterocycles. The molecule has 3 N–H and O–H groups in total. The van der Waals surface area contributed by atoms with Crippen molar-refractivity contribution in [2.24, 2.45) is 5.73 Å². The SMILES string of the molecule is Cc1oc(C)c(S(=O)(=O)NN2CCN(C)CC2)c1CN. The normalized spacial score (nSPS) is 18.6. The Morgan fingerprint density at radius 2 is 1.80 bits per heavy atom. The van der Waals surface area contributed by atoms with E-state index in [2.05, 4.69) is 9.73 Å². The second-order valence-corrected chi connectivity index (χ2v) is 6.71. The lowest BCUT2D eigenvalue weighted by atomic mass is 10.2. The van der Waals surface area contributed by atoms with Crippen LogP contribution in [-0.2, 0) is 16.6 Å². The van der Waals surface area contributed by atoms with Crippen molar-refractivity contribution >= 4 is 10.0 Å². The number of sulfonamides is 1. The lowest BCUT2D eigenvalue weighted by Crippen LogP contribution is -2.52. The minimum absolute atomic E-state index is 0.141. The smallest absolute Gasteiger partial charge is 0.257 e. The van der Waals surface area contributed by atoms with Crippen molar-refractivity contribution in [2.75, 3.05) is 33.2 Å². The van der Waals surface area contributed by atoms with E-state index in [1.165, 1.54) is 0 Å². The van der Waals surface area contributed by atoms with E-state index in [0.717, 1.165) is 13.1 Å². The first-order valence-corrected chi connectivity index (χ1v) is 8.08. The summed E-state index contributed by atoms with van der Waals surface area (Å²) >= 11 is 0. The molecule has 1 aromatic rings. The second kappa shape index (κ2) is 5.82. The third kappa shape index (κ3) is 3.04. The van der Waals surface area contributed by atoms with Gasteiger partial charge in [-0.05, 0) is 20.9 Å². The average Bonchev–Trinajstić information content (AvgIpc) is 2.66. The van der Waals surface area contributed by atoms with Gasteiger partial charge in [0.2, 0.25) is 0 Å². The number of nitrogens with two attached hydrogens (primary N) is 1. The van der Waals surface area contributed by atoms with Crippen molar-refractivity contribution in [3.05, 3.63) is 17.1 Å². The number of furan rings is 1. The van der Waals surface area contributed by atoms with Crippen molar-refractivity contribution < 1.29 is 12.8 Å². The van der Waals surface area contributed by atoms with E-state index in [1.807, 2.05) is 7.05 Å². The summed E-state index contributed by atoms with van der Waals surface area (Å²) in [7, 11) is -1.63. The highest BCUT2D eigenvalue weighted by Gasteiger charge is 2.28. The molecule has 1 saturated heterocycles. The molecule has 2 rings (SSSR count). The van der Waals surface area contributed by atoms with Crippen LogP contribution in [0.1, 0.15) is 17.1 Å². The molecule has 0 bridgehead atoms. The molecular weight excluding hydrogens is 280 g/mol. The number of hydrogen-bond acceptors (Lipinski definition) is 6. The molecule has 20 heavy (non-hydrogen) atoms. The first-order valence-electron chi connectivity index (χ1n) is 6.60. The molecule has 0 aromatic carbocycles. The van der Waals surface area contributed by atoms with Crippen LogP contribution in [0.5, 0.6) is 0 Å². The van der Waals surface area contributed by atoms with Crippen molar-refractivity contribution in [1.29, 1.82) is 0 Å². The van der Waals surface area contributed by atoms with Gasteiger partial charge in [0.15, 0.2) is 0 Å². The maximum atomic E-state index is 12.5. The Morgan fingerprint density at radius 1 is 1.20 bits per heavy atom. The van der Waals surface area contributed by atoms with Crippen molar-refractivity contribution in [1.82, 2.24) is 14.7 Å². The molecule has 7 nitrogen and oxygen atoms in total. The third-order valence-corrected chi connectivity index (χ3v) is 5.12. The van der Waals surface area contributed by atoms with Crippen LogP contribution < -0.4 is 10.6 Å². The number of nitrogens with zero attached hydrogens (tertiary/aromatic N) is 2. The quantitative estimate of drug-likeness (QED) is 0.800. The van der Waals surface area contributed by atoms with Crippen molar-refractivity contribution in [3.63, 3.8) is 0 Å². The van der Waals surface area contributed by atoms with Crippen molar-refractivity contribution in [2.45, 2.75) is 25.3 Å². The standard InChI is InChI=1S/C12H22N4O3S/c1-9-11(8-13)12(10(2)19-9)20(17,18)14-16-6-4-15(3)5-7-16/h14H,4-8,13H2,1-3H3. The highest BCUT2D eigenvalue weighted by Crippen LogP contribution is 2.26. The molecular formula is C12H22N4O3S. The molecule has 0 atom stereocenters. The number of hydrazine groups is 1. The molecule has 1 aliphatic rings. The Labute approximate surface area is 119 Å². The van der Waals surface area contributed by atoms with Crippen LogP contribution in [0.25, 0.3) is 0 Å². The topological polar surface area (TPSA) is 91.8 Å². The summed E-state index contributed by atoms with van der Waals surface area (Å²) in [6.45, 7) is 6.48. The van der Waals surface area contributed by atoms with E-state index < -0.39 is 10.0 Å². The summed E-state index contributed by atoms with van der Waals surface area (Å²) in [5.41, 5.74) is 6.19. The average molecular weight is 302 g/mol. The van der Waals surface area contributed by atoms with E-state index in [0.29, 0.717) is 30.2 Å². The Kier molecular flexibility index (Phi) is 4.50. The van der Waals surface area contributed by atoms with Gasteiger partial charge in [-0.3, -0.25) is 0 Å². The maximum absolute atomic E-state index is 12.5. The summed E-state index contributed by atoms with van der Waals surface area (Å²) in [6, 6.07) is 0. The van der Waals surface area contributed by atoms with E-state index >= 15 is 0 Å². The van der Waals surface area contributed by atoms with Crippen LogP contribution in [0.15, 0.2) is 9.31 Å². The van der Waals surface area contributed by atoms with Gasteiger partial charge in [0.25, 0.3) is 10.0 Å². The van der Waals surface area contributed by atoms with Gasteiger partial charge in [0, 0.05) is 38.3 Å². The monoisotopic (exact) mass is 302 g/mol.